The fourth-order valence-corrected chi connectivity index (χ4v) is 3.73. The lowest BCUT2D eigenvalue weighted by atomic mass is 9.78. The van der Waals surface area contributed by atoms with Crippen molar-refractivity contribution >= 4 is 23.2 Å². The SMILES string of the molecule is O=C1Nc2c(Cl)cccc2C1C(c1ccccc1)c1ccccc1. The number of hydrogen-bond acceptors (Lipinski definition) is 1. The van der Waals surface area contributed by atoms with E-state index in [1.807, 2.05) is 54.6 Å². The predicted octanol–water partition coefficient (Wildman–Crippen LogP) is 5.21. The van der Waals surface area contributed by atoms with Crippen LogP contribution in [0.15, 0.2) is 78.9 Å². The minimum atomic E-state index is -0.288. The number of fused-ring (bicyclic) bond motifs is 1. The monoisotopic (exact) mass is 333 g/mol. The molecule has 24 heavy (non-hydrogen) atoms. The van der Waals surface area contributed by atoms with Gasteiger partial charge in [0.2, 0.25) is 5.91 Å². The van der Waals surface area contributed by atoms with Gasteiger partial charge in [0.1, 0.15) is 0 Å². The Bertz CT molecular complexity index is 837. The first-order chi connectivity index (χ1) is 11.8. The number of nitrogens with one attached hydrogen (secondary N) is 1. The van der Waals surface area contributed by atoms with Crippen LogP contribution in [0.2, 0.25) is 5.02 Å². The number of para-hydroxylation sites is 1. The summed E-state index contributed by atoms with van der Waals surface area (Å²) < 4.78 is 0. The van der Waals surface area contributed by atoms with Crippen LogP contribution in [0, 0.1) is 0 Å². The Hall–Kier alpha value is -2.58. The lowest BCUT2D eigenvalue weighted by Gasteiger charge is -2.23. The minimum Gasteiger partial charge on any atom is -0.324 e. The second-order valence-electron chi connectivity index (χ2n) is 5.97. The molecule has 4 rings (SSSR count). The summed E-state index contributed by atoms with van der Waals surface area (Å²) in [6, 6.07) is 26.0. The first-order valence-corrected chi connectivity index (χ1v) is 8.32. The van der Waals surface area contributed by atoms with Gasteiger partial charge in [0, 0.05) is 5.92 Å². The standard InChI is InChI=1S/C21H16ClNO/c22-17-13-7-12-16-19(21(24)23-20(16)17)18(14-8-3-1-4-9-14)15-10-5-2-6-11-15/h1-13,18-19H,(H,23,24). The average Bonchev–Trinajstić information content (AvgIpc) is 2.95. The van der Waals surface area contributed by atoms with E-state index in [1.165, 1.54) is 0 Å². The Morgan fingerprint density at radius 2 is 1.38 bits per heavy atom. The summed E-state index contributed by atoms with van der Waals surface area (Å²) in [5.74, 6) is -0.341. The van der Waals surface area contributed by atoms with Crippen LogP contribution in [0.1, 0.15) is 28.5 Å². The summed E-state index contributed by atoms with van der Waals surface area (Å²) in [7, 11) is 0. The van der Waals surface area contributed by atoms with E-state index >= 15 is 0 Å². The highest BCUT2D eigenvalue weighted by atomic mass is 35.5. The van der Waals surface area contributed by atoms with E-state index in [9.17, 15) is 4.79 Å². The van der Waals surface area contributed by atoms with Gasteiger partial charge in [-0.15, -0.1) is 0 Å². The highest BCUT2D eigenvalue weighted by Gasteiger charge is 2.39. The van der Waals surface area contributed by atoms with Crippen molar-refractivity contribution < 1.29 is 4.79 Å². The first kappa shape index (κ1) is 15.0. The highest BCUT2D eigenvalue weighted by molar-refractivity contribution is 6.34. The van der Waals surface area contributed by atoms with Gasteiger partial charge in [-0.2, -0.15) is 0 Å². The number of hydrogen-bond donors (Lipinski definition) is 1. The summed E-state index contributed by atoms with van der Waals surface area (Å²) in [6.07, 6.45) is 0. The zero-order valence-corrected chi connectivity index (χ0v) is 13.7. The van der Waals surface area contributed by atoms with Crippen LogP contribution in [0.25, 0.3) is 0 Å². The fourth-order valence-electron chi connectivity index (χ4n) is 3.50. The Balaban J connectivity index is 1.90. The molecular weight excluding hydrogens is 318 g/mol. The number of carbonyl (C=O) groups is 1. The largest absolute Gasteiger partial charge is 0.324 e. The second kappa shape index (κ2) is 6.14. The van der Waals surface area contributed by atoms with Crippen molar-refractivity contribution in [2.45, 2.75) is 11.8 Å². The first-order valence-electron chi connectivity index (χ1n) is 7.95. The number of rotatable bonds is 3. The molecule has 1 unspecified atom stereocenters. The van der Waals surface area contributed by atoms with E-state index in [2.05, 4.69) is 29.6 Å². The molecule has 1 aliphatic heterocycles. The molecule has 3 heteroatoms. The Labute approximate surface area is 146 Å². The van der Waals surface area contributed by atoms with E-state index < -0.39 is 0 Å². The van der Waals surface area contributed by atoms with Gasteiger partial charge in [-0.25, -0.2) is 0 Å². The molecule has 0 radical (unpaired) electrons. The number of carbonyl (C=O) groups excluding carboxylic acids is 1. The van der Waals surface area contributed by atoms with Crippen molar-refractivity contribution in [1.29, 1.82) is 0 Å². The van der Waals surface area contributed by atoms with Crippen molar-refractivity contribution in [3.8, 4) is 0 Å². The van der Waals surface area contributed by atoms with Crippen molar-refractivity contribution in [2.75, 3.05) is 5.32 Å². The van der Waals surface area contributed by atoms with Gasteiger partial charge in [-0.05, 0) is 22.8 Å². The van der Waals surface area contributed by atoms with E-state index in [-0.39, 0.29) is 17.7 Å². The number of halogens is 1. The van der Waals surface area contributed by atoms with Gasteiger partial charge in [0.25, 0.3) is 0 Å². The molecule has 3 aromatic carbocycles. The summed E-state index contributed by atoms with van der Waals surface area (Å²) in [5.41, 5.74) is 3.95. The number of benzene rings is 3. The van der Waals surface area contributed by atoms with E-state index in [0.29, 0.717) is 5.02 Å². The number of anilines is 1. The molecular formula is C21H16ClNO. The highest BCUT2D eigenvalue weighted by Crippen LogP contribution is 2.47. The van der Waals surface area contributed by atoms with Crippen LogP contribution >= 0.6 is 11.6 Å². The second-order valence-corrected chi connectivity index (χ2v) is 6.38. The predicted molar refractivity (Wildman–Crippen MR) is 97.5 cm³/mol. The molecule has 1 atom stereocenters. The van der Waals surface area contributed by atoms with Crippen LogP contribution in [0.4, 0.5) is 5.69 Å². The quantitative estimate of drug-likeness (QED) is 0.700. The Kier molecular flexibility index (Phi) is 3.83. The summed E-state index contributed by atoms with van der Waals surface area (Å²) in [6.45, 7) is 0. The van der Waals surface area contributed by atoms with Crippen LogP contribution < -0.4 is 5.32 Å². The Morgan fingerprint density at radius 3 is 1.96 bits per heavy atom. The molecule has 1 amide bonds. The van der Waals surface area contributed by atoms with Crippen molar-refractivity contribution in [2.24, 2.45) is 0 Å². The Morgan fingerprint density at radius 1 is 0.792 bits per heavy atom. The summed E-state index contributed by atoms with van der Waals surface area (Å²) >= 11 is 6.28. The topological polar surface area (TPSA) is 29.1 Å². The molecule has 0 saturated carbocycles. The van der Waals surface area contributed by atoms with E-state index in [4.69, 9.17) is 11.6 Å². The van der Waals surface area contributed by atoms with E-state index in [0.717, 1.165) is 22.4 Å². The number of amides is 1. The van der Waals surface area contributed by atoms with Gasteiger partial charge in [0.15, 0.2) is 0 Å². The van der Waals surface area contributed by atoms with E-state index in [1.54, 1.807) is 0 Å². The molecule has 118 valence electrons. The van der Waals surface area contributed by atoms with Gasteiger partial charge in [0.05, 0.1) is 16.6 Å². The normalized spacial score (nSPS) is 16.1. The molecule has 0 bridgehead atoms. The van der Waals surface area contributed by atoms with Crippen LogP contribution in [0.5, 0.6) is 0 Å². The molecule has 0 aliphatic carbocycles. The zero-order chi connectivity index (χ0) is 16.5. The lowest BCUT2D eigenvalue weighted by molar-refractivity contribution is -0.117. The maximum absolute atomic E-state index is 12.8. The van der Waals surface area contributed by atoms with Gasteiger partial charge < -0.3 is 5.32 Å². The molecule has 0 aromatic heterocycles. The molecule has 0 saturated heterocycles. The third-order valence-electron chi connectivity index (χ3n) is 4.56. The van der Waals surface area contributed by atoms with Crippen molar-refractivity contribution in [1.82, 2.24) is 0 Å². The molecule has 1 N–H and O–H groups in total. The fraction of sp³-hybridized carbons (Fsp3) is 0.0952. The van der Waals surface area contributed by atoms with Crippen molar-refractivity contribution in [3.63, 3.8) is 0 Å². The zero-order valence-electron chi connectivity index (χ0n) is 12.9. The third-order valence-corrected chi connectivity index (χ3v) is 4.88. The lowest BCUT2D eigenvalue weighted by Crippen LogP contribution is -2.20. The minimum absolute atomic E-state index is 0.00388. The molecule has 1 aliphatic rings. The van der Waals surface area contributed by atoms with Crippen LogP contribution in [-0.2, 0) is 4.79 Å². The molecule has 3 aromatic rings. The van der Waals surface area contributed by atoms with Crippen LogP contribution in [-0.4, -0.2) is 5.91 Å². The molecule has 0 fully saturated rings. The molecule has 2 nitrogen and oxygen atoms in total. The smallest absolute Gasteiger partial charge is 0.233 e. The van der Waals surface area contributed by atoms with Gasteiger partial charge in [-0.3, -0.25) is 4.79 Å². The van der Waals surface area contributed by atoms with Gasteiger partial charge >= 0.3 is 0 Å². The maximum Gasteiger partial charge on any atom is 0.233 e. The van der Waals surface area contributed by atoms with Crippen LogP contribution in [0.3, 0.4) is 0 Å². The summed E-state index contributed by atoms with van der Waals surface area (Å²) in [4.78, 5) is 12.8. The average molecular weight is 334 g/mol. The third kappa shape index (κ3) is 2.49. The van der Waals surface area contributed by atoms with Gasteiger partial charge in [-0.1, -0.05) is 84.4 Å². The summed E-state index contributed by atoms with van der Waals surface area (Å²) in [5, 5.41) is 3.55. The molecule has 0 spiro atoms. The van der Waals surface area contributed by atoms with Crippen molar-refractivity contribution in [3.05, 3.63) is 101 Å². The maximum atomic E-state index is 12.8. The molecule has 1 heterocycles.